The summed E-state index contributed by atoms with van der Waals surface area (Å²) in [4.78, 5) is 0. The van der Waals surface area contributed by atoms with Crippen molar-refractivity contribution in [1.82, 2.24) is 0 Å². The van der Waals surface area contributed by atoms with Gasteiger partial charge < -0.3 is 0 Å². The van der Waals surface area contributed by atoms with Crippen molar-refractivity contribution >= 4 is 6.08 Å². The van der Waals surface area contributed by atoms with E-state index < -0.39 is 0 Å². The zero-order valence-electron chi connectivity index (χ0n) is 26.9. The molecule has 208 valence electrons. The molecule has 0 atom stereocenters. The molecule has 0 amide bonds. The summed E-state index contributed by atoms with van der Waals surface area (Å²) in [6.07, 6.45) is 13.2. The molecule has 1 rings (SSSR count). The van der Waals surface area contributed by atoms with Gasteiger partial charge in [-0.15, -0.1) is 6.58 Å². The fraction of sp³-hybridized carbons (Fsp3) is 0.500. The number of rotatable bonds is 7. The lowest BCUT2D eigenvalue weighted by atomic mass is 10.0. The molecule has 36 heavy (non-hydrogen) atoms. The van der Waals surface area contributed by atoms with Gasteiger partial charge in [0.1, 0.15) is 0 Å². The molecular weight excluding hydrogens is 432 g/mol. The van der Waals surface area contributed by atoms with Gasteiger partial charge in [0, 0.05) is 0 Å². The largest absolute Gasteiger partial charge is 0.103 e. The summed E-state index contributed by atoms with van der Waals surface area (Å²) in [7, 11) is 0. The quantitative estimate of drug-likeness (QED) is 0.260. The molecule has 0 aromatic heterocycles. The average Bonchev–Trinajstić information content (AvgIpc) is 2.83. The number of benzene rings is 1. The van der Waals surface area contributed by atoms with E-state index in [2.05, 4.69) is 111 Å². The van der Waals surface area contributed by atoms with Gasteiger partial charge in [-0.3, -0.25) is 0 Å². The minimum atomic E-state index is 0.963. The maximum atomic E-state index is 3.82. The van der Waals surface area contributed by atoms with Gasteiger partial charge in [0.15, 0.2) is 0 Å². The van der Waals surface area contributed by atoms with Crippen LogP contribution in [-0.2, 0) is 0 Å². The topological polar surface area (TPSA) is 0 Å². The van der Waals surface area contributed by atoms with Crippen molar-refractivity contribution in [2.45, 2.75) is 116 Å². The fourth-order valence-electron chi connectivity index (χ4n) is 2.51. The summed E-state index contributed by atoms with van der Waals surface area (Å²) >= 11 is 0. The van der Waals surface area contributed by atoms with Crippen molar-refractivity contribution < 1.29 is 0 Å². The molecule has 0 spiro atoms. The highest BCUT2D eigenvalue weighted by Gasteiger charge is 1.95. The van der Waals surface area contributed by atoms with Crippen molar-refractivity contribution in [3.63, 3.8) is 0 Å². The van der Waals surface area contributed by atoms with Gasteiger partial charge in [-0.1, -0.05) is 151 Å². The van der Waals surface area contributed by atoms with Crippen LogP contribution in [0.3, 0.4) is 0 Å². The van der Waals surface area contributed by atoms with Crippen LogP contribution in [-0.4, -0.2) is 0 Å². The van der Waals surface area contributed by atoms with Gasteiger partial charge >= 0.3 is 0 Å². The van der Waals surface area contributed by atoms with Crippen LogP contribution in [0.2, 0.25) is 0 Å². The molecule has 0 N–H and O–H groups in total. The highest BCUT2D eigenvalue weighted by atomic mass is 14.0. The molecule has 0 aliphatic rings. The third kappa shape index (κ3) is 38.9. The molecule has 0 radical (unpaired) electrons. The Morgan fingerprint density at radius 1 is 0.861 bits per heavy atom. The van der Waals surface area contributed by atoms with Crippen LogP contribution in [0, 0.1) is 12.8 Å². The summed E-state index contributed by atoms with van der Waals surface area (Å²) in [6, 6.07) is 8.36. The first kappa shape index (κ1) is 43.7. The molecule has 0 bridgehead atoms. The molecule has 0 heteroatoms. The highest BCUT2D eigenvalue weighted by Crippen LogP contribution is 2.11. The lowest BCUT2D eigenvalue weighted by Gasteiger charge is -2.05. The highest BCUT2D eigenvalue weighted by molar-refractivity contribution is 5.52. The smallest absolute Gasteiger partial charge is 0.0231 e. The van der Waals surface area contributed by atoms with Crippen LogP contribution in [0.25, 0.3) is 6.08 Å². The fourth-order valence-corrected chi connectivity index (χ4v) is 2.51. The molecule has 0 aliphatic carbocycles. The van der Waals surface area contributed by atoms with Crippen LogP contribution in [0.5, 0.6) is 0 Å². The Balaban J connectivity index is -0.000000114. The zero-order chi connectivity index (χ0) is 29.5. The minimum Gasteiger partial charge on any atom is -0.103 e. The Labute approximate surface area is 229 Å². The first-order chi connectivity index (χ1) is 16.9. The zero-order valence-corrected chi connectivity index (χ0v) is 26.9. The van der Waals surface area contributed by atoms with Crippen LogP contribution in [0.15, 0.2) is 91.1 Å². The van der Waals surface area contributed by atoms with E-state index in [-0.39, 0.29) is 0 Å². The molecule has 1 aromatic rings. The van der Waals surface area contributed by atoms with Crippen LogP contribution in [0.1, 0.15) is 120 Å². The second-order valence-electron chi connectivity index (χ2n) is 8.90. The van der Waals surface area contributed by atoms with Crippen molar-refractivity contribution in [1.29, 1.82) is 0 Å². The Morgan fingerprint density at radius 3 is 1.47 bits per heavy atom. The van der Waals surface area contributed by atoms with Gasteiger partial charge in [-0.25, -0.2) is 0 Å². The van der Waals surface area contributed by atoms with E-state index in [1.54, 1.807) is 12.2 Å². The Bertz CT molecular complexity index is 699. The normalized spacial score (nSPS) is 8.61. The molecule has 0 nitrogen and oxygen atoms in total. The Morgan fingerprint density at radius 2 is 1.25 bits per heavy atom. The first-order valence-corrected chi connectivity index (χ1v) is 13.7. The lowest BCUT2D eigenvalue weighted by Crippen LogP contribution is -1.91. The van der Waals surface area contributed by atoms with E-state index in [9.17, 15) is 0 Å². The monoisotopic (exact) mass is 497 g/mol. The molecular formula is C36H64. The van der Waals surface area contributed by atoms with E-state index in [0.717, 1.165) is 11.5 Å². The van der Waals surface area contributed by atoms with Gasteiger partial charge in [0.2, 0.25) is 0 Å². The van der Waals surface area contributed by atoms with Crippen LogP contribution >= 0.6 is 0 Å². The Hall–Kier alpha value is -2.34. The number of hydrogen-bond donors (Lipinski definition) is 0. The average molecular weight is 497 g/mol. The minimum absolute atomic E-state index is 0.963. The summed E-state index contributed by atoms with van der Waals surface area (Å²) in [6.45, 7) is 41.3. The molecule has 0 saturated heterocycles. The van der Waals surface area contributed by atoms with Gasteiger partial charge in [0.05, 0.1) is 0 Å². The van der Waals surface area contributed by atoms with Crippen LogP contribution < -0.4 is 0 Å². The molecule has 0 unspecified atom stereocenters. The van der Waals surface area contributed by atoms with E-state index in [1.165, 1.54) is 53.5 Å². The van der Waals surface area contributed by atoms with Crippen LogP contribution in [0.4, 0.5) is 0 Å². The summed E-state index contributed by atoms with van der Waals surface area (Å²) < 4.78 is 0. The maximum absolute atomic E-state index is 3.82. The van der Waals surface area contributed by atoms with Crippen molar-refractivity contribution in [2.24, 2.45) is 5.92 Å². The molecule has 0 saturated carbocycles. The van der Waals surface area contributed by atoms with E-state index in [0.29, 0.717) is 0 Å². The number of allylic oxidation sites excluding steroid dienone is 7. The predicted octanol–water partition coefficient (Wildman–Crippen LogP) is 13.1. The summed E-state index contributed by atoms with van der Waals surface area (Å²) in [5, 5.41) is 0. The Kier molecular flexibility index (Phi) is 42.3. The van der Waals surface area contributed by atoms with Gasteiger partial charge in [-0.2, -0.15) is 0 Å². The molecule has 1 aromatic carbocycles. The SMILES string of the molecule is C/C=C\c1ccccc1C.C=C(C)C(C)=C(C)C.C=CC.C=CC(=C)C.CC.CCCC(C)CCC. The lowest BCUT2D eigenvalue weighted by molar-refractivity contribution is 0.480. The number of aryl methyl sites for hydroxylation is 1. The van der Waals surface area contributed by atoms with E-state index in [1.807, 2.05) is 41.5 Å². The summed E-state index contributed by atoms with van der Waals surface area (Å²) in [5.74, 6) is 0.963. The third-order valence-corrected chi connectivity index (χ3v) is 4.84. The number of hydrogen-bond acceptors (Lipinski definition) is 0. The van der Waals surface area contributed by atoms with E-state index >= 15 is 0 Å². The molecule has 0 fully saturated rings. The predicted molar refractivity (Wildman–Crippen MR) is 176 cm³/mol. The second-order valence-corrected chi connectivity index (χ2v) is 8.90. The van der Waals surface area contributed by atoms with Crippen molar-refractivity contribution in [2.75, 3.05) is 0 Å². The van der Waals surface area contributed by atoms with Gasteiger partial charge in [-0.05, 0) is 72.4 Å². The van der Waals surface area contributed by atoms with E-state index in [4.69, 9.17) is 0 Å². The summed E-state index contributed by atoms with van der Waals surface area (Å²) in [5.41, 5.74) is 7.52. The standard InChI is InChI=1S/C10H12.C8H14.C8H18.C5H8.C3H6.C2H6/c1-3-6-10-8-5-4-7-9(10)2;1-6(2)8(5)7(3)4;1-4-6-8(3)7-5-2;1-4-5(2)3;1-3-2;1-2/h3-8H,1-2H3;1H2,2-5H3;8H,4-7H2,1-3H3;4H,1-2H2,3H3;3H,1H2,2H3;1-2H3/b6-3-;;;;;. The third-order valence-electron chi connectivity index (χ3n) is 4.84. The van der Waals surface area contributed by atoms with Gasteiger partial charge in [0.25, 0.3) is 0 Å². The molecule has 0 aliphatic heterocycles. The maximum Gasteiger partial charge on any atom is -0.0231 e. The first-order valence-electron chi connectivity index (χ1n) is 13.7. The van der Waals surface area contributed by atoms with Crippen molar-refractivity contribution in [3.8, 4) is 0 Å². The molecule has 0 heterocycles. The van der Waals surface area contributed by atoms with Crippen molar-refractivity contribution in [3.05, 3.63) is 102 Å². The second kappa shape index (κ2) is 34.8.